The number of benzene rings is 1. The van der Waals surface area contributed by atoms with Crippen LogP contribution in [0.3, 0.4) is 0 Å². The van der Waals surface area contributed by atoms with Crippen LogP contribution < -0.4 is 4.43 Å². The monoisotopic (exact) mass is 422 g/mol. The second-order valence-corrected chi connectivity index (χ2v) is 19.2. The first kappa shape index (κ1) is 25.0. The molecular formula is C23H42O3Si2. The average Bonchev–Trinajstić information content (AvgIpc) is 2.56. The maximum atomic E-state index is 11.0. The molecule has 1 rings (SSSR count). The Hall–Kier alpha value is -1.05. The predicted octanol–water partition coefficient (Wildman–Crippen LogP) is 7.20. The van der Waals surface area contributed by atoms with E-state index in [0.717, 1.165) is 17.4 Å². The summed E-state index contributed by atoms with van der Waals surface area (Å²) < 4.78 is 12.4. The van der Waals surface area contributed by atoms with E-state index in [2.05, 4.69) is 53.9 Å². The van der Waals surface area contributed by atoms with Crippen LogP contribution >= 0.6 is 0 Å². The fraction of sp³-hybridized carbons (Fsp3) is 0.652. The van der Waals surface area contributed by atoms with Crippen molar-refractivity contribution in [3.63, 3.8) is 0 Å². The van der Waals surface area contributed by atoms with E-state index in [1.807, 2.05) is 37.3 Å². The summed E-state index contributed by atoms with van der Waals surface area (Å²) in [6.45, 7) is 19.7. The van der Waals surface area contributed by atoms with Gasteiger partial charge in [-0.2, -0.15) is 0 Å². The van der Waals surface area contributed by atoms with Gasteiger partial charge in [0.15, 0.2) is 0 Å². The molecule has 0 amide bonds. The van der Waals surface area contributed by atoms with Crippen LogP contribution in [0.1, 0.15) is 59.4 Å². The Morgan fingerprint density at radius 3 is 2.29 bits per heavy atom. The Balaban J connectivity index is 2.80. The smallest absolute Gasteiger partial charge is 0.250 e. The first-order chi connectivity index (χ1) is 12.7. The molecule has 0 fully saturated rings. The largest absolute Gasteiger partial charge is 0.550 e. The maximum absolute atomic E-state index is 11.0. The lowest BCUT2D eigenvalue weighted by Crippen LogP contribution is -2.43. The van der Waals surface area contributed by atoms with Gasteiger partial charge in [-0.3, -0.25) is 0 Å². The van der Waals surface area contributed by atoms with Gasteiger partial charge in [0.1, 0.15) is 5.75 Å². The fourth-order valence-electron chi connectivity index (χ4n) is 2.63. The van der Waals surface area contributed by atoms with Crippen LogP contribution in [0.2, 0.25) is 37.3 Å². The second-order valence-electron chi connectivity index (χ2n) is 10.2. The minimum absolute atomic E-state index is 0.139. The molecule has 28 heavy (non-hydrogen) atoms. The Kier molecular flexibility index (Phi) is 8.60. The van der Waals surface area contributed by atoms with Gasteiger partial charge >= 0.3 is 0 Å². The maximum Gasteiger partial charge on any atom is 0.250 e. The van der Waals surface area contributed by atoms with E-state index in [-0.39, 0.29) is 5.04 Å². The summed E-state index contributed by atoms with van der Waals surface area (Å²) in [5.74, 6) is 0.845. The summed E-state index contributed by atoms with van der Waals surface area (Å²) in [6, 6.07) is 9.06. The highest BCUT2D eigenvalue weighted by molar-refractivity contribution is 6.74. The van der Waals surface area contributed by atoms with E-state index < -0.39 is 22.2 Å². The SMILES string of the molecule is CCCC[Si](C)(C)OC=CCC(C)(O)c1cccc(O[Si](C)(C)C(C)(C)C)c1. The van der Waals surface area contributed by atoms with Crippen LogP contribution in [0.15, 0.2) is 36.6 Å². The van der Waals surface area contributed by atoms with Crippen LogP contribution in [-0.4, -0.2) is 21.7 Å². The molecule has 1 aromatic carbocycles. The van der Waals surface area contributed by atoms with E-state index in [1.54, 1.807) is 6.26 Å². The van der Waals surface area contributed by atoms with Gasteiger partial charge in [0.05, 0.1) is 11.9 Å². The summed E-state index contributed by atoms with van der Waals surface area (Å²) in [4.78, 5) is 0. The molecule has 0 aliphatic carbocycles. The van der Waals surface area contributed by atoms with E-state index in [1.165, 1.54) is 12.8 Å². The first-order valence-corrected chi connectivity index (χ1v) is 16.6. The van der Waals surface area contributed by atoms with Crippen molar-refractivity contribution >= 4 is 16.6 Å². The van der Waals surface area contributed by atoms with Gasteiger partial charge in [-0.05, 0) is 68.0 Å². The van der Waals surface area contributed by atoms with Crippen LogP contribution in [0.5, 0.6) is 5.75 Å². The summed E-state index contributed by atoms with van der Waals surface area (Å²) >= 11 is 0. The van der Waals surface area contributed by atoms with Gasteiger partial charge in [0.25, 0.3) is 0 Å². The van der Waals surface area contributed by atoms with Gasteiger partial charge in [0.2, 0.25) is 16.6 Å². The van der Waals surface area contributed by atoms with Crippen molar-refractivity contribution in [2.75, 3.05) is 0 Å². The zero-order chi connectivity index (χ0) is 21.6. The number of hydrogen-bond donors (Lipinski definition) is 1. The fourth-order valence-corrected chi connectivity index (χ4v) is 5.44. The molecule has 0 aliphatic rings. The zero-order valence-electron chi connectivity index (χ0n) is 19.6. The highest BCUT2D eigenvalue weighted by atomic mass is 28.4. The van der Waals surface area contributed by atoms with Crippen molar-refractivity contribution in [1.29, 1.82) is 0 Å². The van der Waals surface area contributed by atoms with Gasteiger partial charge in [-0.1, -0.05) is 52.7 Å². The molecular weight excluding hydrogens is 380 g/mol. The molecule has 0 aliphatic heterocycles. The zero-order valence-corrected chi connectivity index (χ0v) is 21.6. The third-order valence-corrected chi connectivity index (χ3v) is 12.5. The molecule has 5 heteroatoms. The third kappa shape index (κ3) is 7.76. The summed E-state index contributed by atoms with van der Waals surface area (Å²) in [5.41, 5.74) is -0.0854. The molecule has 1 unspecified atom stereocenters. The van der Waals surface area contributed by atoms with Crippen molar-refractivity contribution < 1.29 is 14.0 Å². The molecule has 0 radical (unpaired) electrons. The minimum Gasteiger partial charge on any atom is -0.550 e. The Bertz CT molecular complexity index is 643. The van der Waals surface area contributed by atoms with Crippen molar-refractivity contribution in [1.82, 2.24) is 0 Å². The quantitative estimate of drug-likeness (QED) is 0.320. The number of rotatable bonds is 10. The van der Waals surface area contributed by atoms with Crippen LogP contribution in [0.25, 0.3) is 0 Å². The lowest BCUT2D eigenvalue weighted by Gasteiger charge is -2.36. The van der Waals surface area contributed by atoms with E-state index >= 15 is 0 Å². The van der Waals surface area contributed by atoms with Crippen LogP contribution in [0, 0.1) is 0 Å². The second kappa shape index (κ2) is 9.64. The molecule has 1 aromatic rings. The Morgan fingerprint density at radius 1 is 1.07 bits per heavy atom. The summed E-state index contributed by atoms with van der Waals surface area (Å²) in [5, 5.41) is 11.1. The van der Waals surface area contributed by atoms with Crippen molar-refractivity contribution in [3.8, 4) is 5.75 Å². The van der Waals surface area contributed by atoms with Crippen molar-refractivity contribution in [2.45, 2.75) is 96.8 Å². The molecule has 160 valence electrons. The predicted molar refractivity (Wildman–Crippen MR) is 126 cm³/mol. The van der Waals surface area contributed by atoms with Crippen LogP contribution in [0.4, 0.5) is 0 Å². The van der Waals surface area contributed by atoms with E-state index in [0.29, 0.717) is 6.42 Å². The molecule has 0 saturated heterocycles. The van der Waals surface area contributed by atoms with E-state index in [4.69, 9.17) is 8.85 Å². The van der Waals surface area contributed by atoms with Gasteiger partial charge in [-0.25, -0.2) is 0 Å². The van der Waals surface area contributed by atoms with Gasteiger partial charge in [-0.15, -0.1) is 0 Å². The normalized spacial score (nSPS) is 15.5. The molecule has 0 spiro atoms. The Morgan fingerprint density at radius 2 is 1.71 bits per heavy atom. The molecule has 0 heterocycles. The number of unbranched alkanes of at least 4 members (excludes halogenated alkanes) is 1. The third-order valence-electron chi connectivity index (χ3n) is 5.77. The van der Waals surface area contributed by atoms with Gasteiger partial charge < -0.3 is 14.0 Å². The highest BCUT2D eigenvalue weighted by Crippen LogP contribution is 2.38. The molecule has 0 saturated carbocycles. The number of hydrogen-bond acceptors (Lipinski definition) is 3. The molecule has 0 aromatic heterocycles. The van der Waals surface area contributed by atoms with Gasteiger partial charge in [0, 0.05) is 6.42 Å². The van der Waals surface area contributed by atoms with Crippen LogP contribution in [-0.2, 0) is 10.0 Å². The lowest BCUT2D eigenvalue weighted by molar-refractivity contribution is 0.0599. The molecule has 3 nitrogen and oxygen atoms in total. The molecule has 1 N–H and O–H groups in total. The minimum atomic E-state index is -1.90. The summed E-state index contributed by atoms with van der Waals surface area (Å²) in [7, 11) is -3.54. The average molecular weight is 423 g/mol. The lowest BCUT2D eigenvalue weighted by atomic mass is 9.92. The summed E-state index contributed by atoms with van der Waals surface area (Å²) in [6.07, 6.45) is 6.67. The topological polar surface area (TPSA) is 38.7 Å². The molecule has 0 bridgehead atoms. The Labute approximate surface area is 175 Å². The highest BCUT2D eigenvalue weighted by Gasteiger charge is 2.39. The standard InChI is InChI=1S/C23H42O3Si2/c1-10-11-18-27(6,7)25-17-13-16-23(5,24)20-14-12-15-21(19-20)26-28(8,9)22(2,3)4/h12-15,17,19,24H,10-11,16,18H2,1-9H3. The van der Waals surface area contributed by atoms with Crippen molar-refractivity contribution in [2.24, 2.45) is 0 Å². The number of aliphatic hydroxyl groups is 1. The van der Waals surface area contributed by atoms with E-state index in [9.17, 15) is 5.11 Å². The van der Waals surface area contributed by atoms with Crippen molar-refractivity contribution in [3.05, 3.63) is 42.2 Å². The first-order valence-electron chi connectivity index (χ1n) is 10.5. The molecule has 1 atom stereocenters.